The lowest BCUT2D eigenvalue weighted by molar-refractivity contribution is 0.480. The van der Waals surface area contributed by atoms with Crippen LogP contribution in [-0.2, 0) is 0 Å². The Kier molecular flexibility index (Phi) is 3.24. The van der Waals surface area contributed by atoms with E-state index in [1.54, 1.807) is 48.9 Å². The summed E-state index contributed by atoms with van der Waals surface area (Å²) in [5, 5.41) is 0. The SMILES string of the molecule is O=c1[nH]ccnc1-c1ccc(Oc2cccnc2)cc1. The lowest BCUT2D eigenvalue weighted by Gasteiger charge is -2.05. The van der Waals surface area contributed by atoms with Gasteiger partial charge >= 0.3 is 0 Å². The monoisotopic (exact) mass is 265 g/mol. The zero-order valence-electron chi connectivity index (χ0n) is 10.5. The fourth-order valence-corrected chi connectivity index (χ4v) is 1.78. The van der Waals surface area contributed by atoms with Gasteiger partial charge in [-0.3, -0.25) is 9.78 Å². The second kappa shape index (κ2) is 5.36. The molecule has 98 valence electrons. The van der Waals surface area contributed by atoms with E-state index in [1.807, 2.05) is 6.07 Å². The van der Waals surface area contributed by atoms with Crippen LogP contribution in [0.4, 0.5) is 0 Å². The summed E-state index contributed by atoms with van der Waals surface area (Å²) in [7, 11) is 0. The number of aromatic nitrogens is 3. The molecule has 20 heavy (non-hydrogen) atoms. The first-order valence-electron chi connectivity index (χ1n) is 6.05. The summed E-state index contributed by atoms with van der Waals surface area (Å²) in [6.07, 6.45) is 6.38. The summed E-state index contributed by atoms with van der Waals surface area (Å²) in [6.45, 7) is 0. The topological polar surface area (TPSA) is 67.9 Å². The van der Waals surface area contributed by atoms with Gasteiger partial charge < -0.3 is 9.72 Å². The Balaban J connectivity index is 1.85. The van der Waals surface area contributed by atoms with E-state index in [-0.39, 0.29) is 5.56 Å². The Morgan fingerprint density at radius 1 is 1.00 bits per heavy atom. The van der Waals surface area contributed by atoms with Gasteiger partial charge in [0.1, 0.15) is 17.2 Å². The predicted octanol–water partition coefficient (Wildman–Crippen LogP) is 2.62. The Bertz CT molecular complexity index is 752. The van der Waals surface area contributed by atoms with Gasteiger partial charge in [-0.15, -0.1) is 0 Å². The molecular formula is C15H11N3O2. The summed E-state index contributed by atoms with van der Waals surface area (Å²) < 4.78 is 5.63. The highest BCUT2D eigenvalue weighted by Gasteiger charge is 2.04. The molecule has 0 atom stereocenters. The van der Waals surface area contributed by atoms with Crippen molar-refractivity contribution in [3.05, 3.63) is 71.5 Å². The van der Waals surface area contributed by atoms with Gasteiger partial charge in [0.15, 0.2) is 0 Å². The highest BCUT2D eigenvalue weighted by Crippen LogP contribution is 2.22. The van der Waals surface area contributed by atoms with Crippen molar-refractivity contribution >= 4 is 0 Å². The molecule has 0 aliphatic heterocycles. The molecule has 2 aromatic heterocycles. The first-order valence-corrected chi connectivity index (χ1v) is 6.05. The van der Waals surface area contributed by atoms with Crippen molar-refractivity contribution in [2.24, 2.45) is 0 Å². The largest absolute Gasteiger partial charge is 0.456 e. The number of aromatic amines is 1. The first-order chi connectivity index (χ1) is 9.83. The molecule has 3 aromatic rings. The van der Waals surface area contributed by atoms with Crippen LogP contribution in [0, 0.1) is 0 Å². The molecule has 0 bridgehead atoms. The predicted molar refractivity (Wildman–Crippen MR) is 74.6 cm³/mol. The summed E-state index contributed by atoms with van der Waals surface area (Å²) in [5.41, 5.74) is 0.916. The number of ether oxygens (including phenoxy) is 1. The van der Waals surface area contributed by atoms with Crippen molar-refractivity contribution in [2.45, 2.75) is 0 Å². The van der Waals surface area contributed by atoms with Crippen LogP contribution in [0.15, 0.2) is 66.0 Å². The molecule has 0 saturated carbocycles. The van der Waals surface area contributed by atoms with Crippen LogP contribution in [-0.4, -0.2) is 15.0 Å². The van der Waals surface area contributed by atoms with Gasteiger partial charge in [-0.1, -0.05) is 0 Å². The van der Waals surface area contributed by atoms with Crippen molar-refractivity contribution in [1.29, 1.82) is 0 Å². The molecule has 3 rings (SSSR count). The summed E-state index contributed by atoms with van der Waals surface area (Å²) in [4.78, 5) is 22.3. The molecule has 0 spiro atoms. The second-order valence-electron chi connectivity index (χ2n) is 4.08. The molecule has 0 radical (unpaired) electrons. The van der Waals surface area contributed by atoms with Gasteiger partial charge in [-0.25, -0.2) is 4.98 Å². The Hall–Kier alpha value is -2.95. The quantitative estimate of drug-likeness (QED) is 0.790. The average molecular weight is 265 g/mol. The van der Waals surface area contributed by atoms with E-state index in [9.17, 15) is 4.79 Å². The second-order valence-corrected chi connectivity index (χ2v) is 4.08. The lowest BCUT2D eigenvalue weighted by atomic mass is 10.1. The molecule has 0 fully saturated rings. The van der Waals surface area contributed by atoms with E-state index < -0.39 is 0 Å². The highest BCUT2D eigenvalue weighted by molar-refractivity contribution is 5.58. The van der Waals surface area contributed by atoms with Gasteiger partial charge in [-0.05, 0) is 36.4 Å². The number of hydrogen-bond acceptors (Lipinski definition) is 4. The minimum Gasteiger partial charge on any atom is -0.456 e. The Labute approximate surface area is 114 Å². The molecule has 0 saturated heterocycles. The van der Waals surface area contributed by atoms with E-state index in [4.69, 9.17) is 4.74 Å². The van der Waals surface area contributed by atoms with E-state index in [2.05, 4.69) is 15.0 Å². The van der Waals surface area contributed by atoms with Crippen LogP contribution < -0.4 is 10.3 Å². The van der Waals surface area contributed by atoms with E-state index in [0.717, 1.165) is 5.56 Å². The van der Waals surface area contributed by atoms with Gasteiger partial charge in [0.25, 0.3) is 5.56 Å². The number of rotatable bonds is 3. The van der Waals surface area contributed by atoms with E-state index in [1.165, 1.54) is 6.20 Å². The number of pyridine rings is 1. The number of nitrogens with one attached hydrogen (secondary N) is 1. The minimum absolute atomic E-state index is 0.214. The van der Waals surface area contributed by atoms with Crippen molar-refractivity contribution in [2.75, 3.05) is 0 Å². The summed E-state index contributed by atoms with van der Waals surface area (Å²) >= 11 is 0. The number of hydrogen-bond donors (Lipinski definition) is 1. The first kappa shape index (κ1) is 12.1. The molecule has 0 unspecified atom stereocenters. The molecular weight excluding hydrogens is 254 g/mol. The van der Waals surface area contributed by atoms with Gasteiger partial charge in [0.2, 0.25) is 0 Å². The third-order valence-electron chi connectivity index (χ3n) is 2.71. The lowest BCUT2D eigenvalue weighted by Crippen LogP contribution is -2.09. The molecule has 1 aromatic carbocycles. The standard InChI is InChI=1S/C15H11N3O2/c19-15-14(17-8-9-18-15)11-3-5-12(6-4-11)20-13-2-1-7-16-10-13/h1-10H,(H,18,19). The van der Waals surface area contributed by atoms with Gasteiger partial charge in [-0.2, -0.15) is 0 Å². The minimum atomic E-state index is -0.214. The van der Waals surface area contributed by atoms with Crippen molar-refractivity contribution in [1.82, 2.24) is 15.0 Å². The van der Waals surface area contributed by atoms with Crippen LogP contribution in [0.3, 0.4) is 0 Å². The van der Waals surface area contributed by atoms with Crippen molar-refractivity contribution in [3.63, 3.8) is 0 Å². The van der Waals surface area contributed by atoms with Crippen LogP contribution >= 0.6 is 0 Å². The summed E-state index contributed by atoms with van der Waals surface area (Å²) in [6, 6.07) is 10.8. The maximum atomic E-state index is 11.6. The maximum Gasteiger partial charge on any atom is 0.274 e. The van der Waals surface area contributed by atoms with Crippen LogP contribution in [0.25, 0.3) is 11.3 Å². The summed E-state index contributed by atoms with van der Waals surface area (Å²) in [5.74, 6) is 1.34. The van der Waals surface area contributed by atoms with Crippen LogP contribution in [0.2, 0.25) is 0 Å². The van der Waals surface area contributed by atoms with Crippen molar-refractivity contribution in [3.8, 4) is 22.8 Å². The molecule has 0 aliphatic carbocycles. The highest BCUT2D eigenvalue weighted by atomic mass is 16.5. The number of nitrogens with zero attached hydrogens (tertiary/aromatic N) is 2. The zero-order chi connectivity index (χ0) is 13.8. The van der Waals surface area contributed by atoms with Crippen LogP contribution in [0.1, 0.15) is 0 Å². The van der Waals surface area contributed by atoms with Crippen molar-refractivity contribution < 1.29 is 4.74 Å². The third kappa shape index (κ3) is 2.56. The fourth-order valence-electron chi connectivity index (χ4n) is 1.78. The fraction of sp³-hybridized carbons (Fsp3) is 0. The Morgan fingerprint density at radius 2 is 1.85 bits per heavy atom. The number of H-pyrrole nitrogens is 1. The van der Waals surface area contributed by atoms with E-state index >= 15 is 0 Å². The molecule has 5 heteroatoms. The van der Waals surface area contributed by atoms with Gasteiger partial charge in [0, 0.05) is 24.2 Å². The molecule has 0 amide bonds. The van der Waals surface area contributed by atoms with Crippen LogP contribution in [0.5, 0.6) is 11.5 Å². The molecule has 0 aliphatic rings. The molecule has 1 N–H and O–H groups in total. The van der Waals surface area contributed by atoms with Gasteiger partial charge in [0.05, 0.1) is 6.20 Å². The third-order valence-corrected chi connectivity index (χ3v) is 2.71. The number of benzene rings is 1. The maximum absolute atomic E-state index is 11.6. The molecule has 2 heterocycles. The zero-order valence-corrected chi connectivity index (χ0v) is 10.5. The van der Waals surface area contributed by atoms with E-state index in [0.29, 0.717) is 17.2 Å². The smallest absolute Gasteiger partial charge is 0.274 e. The average Bonchev–Trinajstić information content (AvgIpc) is 2.50. The Morgan fingerprint density at radius 3 is 2.55 bits per heavy atom. The molecule has 5 nitrogen and oxygen atoms in total. The normalized spacial score (nSPS) is 10.2.